The van der Waals surface area contributed by atoms with Crippen molar-refractivity contribution < 1.29 is 22.7 Å². The Morgan fingerprint density at radius 3 is 2.74 bits per heavy atom. The average Bonchev–Trinajstić information content (AvgIpc) is 2.27. The van der Waals surface area contributed by atoms with Crippen LogP contribution >= 0.6 is 0 Å². The van der Waals surface area contributed by atoms with Crippen molar-refractivity contribution in [2.45, 2.75) is 25.6 Å². The fraction of sp³-hybridized carbons (Fsp3) is 0.417. The van der Waals surface area contributed by atoms with E-state index in [0.717, 1.165) is 0 Å². The predicted molar refractivity (Wildman–Crippen MR) is 65.6 cm³/mol. The number of anilines is 2. The van der Waals surface area contributed by atoms with Crippen molar-refractivity contribution in [2.75, 3.05) is 17.7 Å². The van der Waals surface area contributed by atoms with E-state index in [9.17, 15) is 18.0 Å². The lowest BCUT2D eigenvalue weighted by atomic mass is 10.2. The van der Waals surface area contributed by atoms with Crippen LogP contribution in [-0.4, -0.2) is 24.8 Å². The summed E-state index contributed by atoms with van der Waals surface area (Å²) in [6.45, 7) is 0.840. The molecule has 1 atom stereocenters. The Balaban J connectivity index is 2.41. The minimum absolute atomic E-state index is 0.469. The highest BCUT2D eigenvalue weighted by Crippen LogP contribution is 2.19. The van der Waals surface area contributed by atoms with Crippen LogP contribution in [-0.2, 0) is 9.53 Å². The number of nitrogens with one attached hydrogen (secondary N) is 1. The molecule has 4 nitrogen and oxygen atoms in total. The number of nitrogens with two attached hydrogens (primary N) is 1. The van der Waals surface area contributed by atoms with Gasteiger partial charge in [-0.2, -0.15) is 13.2 Å². The molecule has 19 heavy (non-hydrogen) atoms. The van der Waals surface area contributed by atoms with Crippen molar-refractivity contribution in [2.24, 2.45) is 0 Å². The van der Waals surface area contributed by atoms with Crippen LogP contribution < -0.4 is 11.1 Å². The Kier molecular flexibility index (Phi) is 5.17. The van der Waals surface area contributed by atoms with E-state index >= 15 is 0 Å². The summed E-state index contributed by atoms with van der Waals surface area (Å²) < 4.78 is 40.5. The number of hydrogen-bond acceptors (Lipinski definition) is 3. The van der Waals surface area contributed by atoms with Crippen LogP contribution in [0.4, 0.5) is 24.5 Å². The summed E-state index contributed by atoms with van der Waals surface area (Å²) in [4.78, 5) is 11.6. The van der Waals surface area contributed by atoms with Crippen LogP contribution in [0.5, 0.6) is 0 Å². The first kappa shape index (κ1) is 15.3. The number of ether oxygens (including phenoxy) is 1. The molecule has 0 aliphatic carbocycles. The number of alkyl halides is 3. The topological polar surface area (TPSA) is 64.3 Å². The molecule has 3 N–H and O–H groups in total. The van der Waals surface area contributed by atoms with E-state index in [4.69, 9.17) is 10.5 Å². The van der Waals surface area contributed by atoms with Crippen molar-refractivity contribution >= 4 is 17.3 Å². The van der Waals surface area contributed by atoms with E-state index in [-0.39, 0.29) is 0 Å². The van der Waals surface area contributed by atoms with Gasteiger partial charge in [0, 0.05) is 11.4 Å². The minimum Gasteiger partial charge on any atom is -0.399 e. The summed E-state index contributed by atoms with van der Waals surface area (Å²) in [5, 5.41) is 2.50. The Morgan fingerprint density at radius 1 is 1.47 bits per heavy atom. The zero-order chi connectivity index (χ0) is 14.5. The third-order valence-electron chi connectivity index (χ3n) is 2.28. The van der Waals surface area contributed by atoms with Gasteiger partial charge in [-0.25, -0.2) is 0 Å². The standard InChI is InChI=1S/C12H15F3N2O2/c1-8(19-6-5-12(13,14)15)11(18)17-10-4-2-3-9(16)7-10/h2-4,7-8H,5-6,16H2,1H3,(H,17,18). The highest BCUT2D eigenvalue weighted by atomic mass is 19.4. The number of benzene rings is 1. The lowest BCUT2D eigenvalue weighted by molar-refractivity contribution is -0.152. The number of halogens is 3. The van der Waals surface area contributed by atoms with Gasteiger partial charge in [-0.05, 0) is 25.1 Å². The van der Waals surface area contributed by atoms with Crippen LogP contribution in [0.3, 0.4) is 0 Å². The monoisotopic (exact) mass is 276 g/mol. The molecule has 0 fully saturated rings. The van der Waals surface area contributed by atoms with Crippen molar-refractivity contribution in [1.29, 1.82) is 0 Å². The summed E-state index contributed by atoms with van der Waals surface area (Å²) in [5.41, 5.74) is 6.48. The first-order valence-corrected chi connectivity index (χ1v) is 5.63. The first-order chi connectivity index (χ1) is 8.78. The molecule has 7 heteroatoms. The van der Waals surface area contributed by atoms with Gasteiger partial charge in [0.2, 0.25) is 0 Å². The van der Waals surface area contributed by atoms with Crippen molar-refractivity contribution in [3.63, 3.8) is 0 Å². The van der Waals surface area contributed by atoms with Gasteiger partial charge in [0.25, 0.3) is 5.91 Å². The Hall–Kier alpha value is -1.76. The van der Waals surface area contributed by atoms with Crippen LogP contribution in [0.15, 0.2) is 24.3 Å². The number of carbonyl (C=O) groups is 1. The van der Waals surface area contributed by atoms with E-state index in [2.05, 4.69) is 5.32 Å². The van der Waals surface area contributed by atoms with Crippen LogP contribution in [0.2, 0.25) is 0 Å². The van der Waals surface area contributed by atoms with Gasteiger partial charge >= 0.3 is 6.18 Å². The largest absolute Gasteiger partial charge is 0.399 e. The number of carbonyl (C=O) groups excluding carboxylic acids is 1. The quantitative estimate of drug-likeness (QED) is 0.812. The lowest BCUT2D eigenvalue weighted by Gasteiger charge is -2.14. The number of hydrogen-bond donors (Lipinski definition) is 2. The molecule has 1 aromatic carbocycles. The summed E-state index contributed by atoms with van der Waals surface area (Å²) in [6.07, 6.45) is -6.34. The maximum Gasteiger partial charge on any atom is 0.391 e. The summed E-state index contributed by atoms with van der Waals surface area (Å²) in [7, 11) is 0. The van der Waals surface area contributed by atoms with Crippen LogP contribution in [0.1, 0.15) is 13.3 Å². The Bertz CT molecular complexity index is 435. The van der Waals surface area contributed by atoms with E-state index in [1.165, 1.54) is 6.92 Å². The summed E-state index contributed by atoms with van der Waals surface area (Å²) in [6, 6.07) is 6.47. The smallest absolute Gasteiger partial charge is 0.391 e. The Labute approximate surface area is 108 Å². The molecule has 1 amide bonds. The highest BCUT2D eigenvalue weighted by Gasteiger charge is 2.27. The molecule has 1 unspecified atom stereocenters. The third kappa shape index (κ3) is 6.10. The van der Waals surface area contributed by atoms with Crippen molar-refractivity contribution in [3.05, 3.63) is 24.3 Å². The van der Waals surface area contributed by atoms with Crippen molar-refractivity contribution in [3.8, 4) is 0 Å². The lowest BCUT2D eigenvalue weighted by Crippen LogP contribution is -2.29. The van der Waals surface area contributed by atoms with Crippen LogP contribution in [0.25, 0.3) is 0 Å². The molecule has 106 valence electrons. The second-order valence-electron chi connectivity index (χ2n) is 3.99. The molecule has 1 aromatic rings. The first-order valence-electron chi connectivity index (χ1n) is 5.63. The summed E-state index contributed by atoms with van der Waals surface area (Å²) in [5.74, 6) is -0.521. The maximum absolute atomic E-state index is 11.9. The van der Waals surface area contributed by atoms with Gasteiger partial charge in [-0.1, -0.05) is 6.07 Å². The molecule has 0 spiro atoms. The third-order valence-corrected chi connectivity index (χ3v) is 2.28. The van der Waals surface area contributed by atoms with E-state index < -0.39 is 31.2 Å². The van der Waals surface area contributed by atoms with E-state index in [1.807, 2.05) is 0 Å². The molecule has 0 aromatic heterocycles. The molecule has 0 saturated heterocycles. The molecule has 0 saturated carbocycles. The minimum atomic E-state index is -4.29. The SMILES string of the molecule is CC(OCCC(F)(F)F)C(=O)Nc1cccc(N)c1. The van der Waals surface area contributed by atoms with Gasteiger partial charge < -0.3 is 15.8 Å². The fourth-order valence-electron chi connectivity index (χ4n) is 1.29. The van der Waals surface area contributed by atoms with Crippen LogP contribution in [0, 0.1) is 0 Å². The Morgan fingerprint density at radius 2 is 2.16 bits per heavy atom. The van der Waals surface area contributed by atoms with E-state index in [0.29, 0.717) is 11.4 Å². The fourth-order valence-corrected chi connectivity index (χ4v) is 1.29. The normalized spacial score (nSPS) is 13.1. The molecule has 0 radical (unpaired) electrons. The zero-order valence-electron chi connectivity index (χ0n) is 10.3. The average molecular weight is 276 g/mol. The second-order valence-corrected chi connectivity index (χ2v) is 3.99. The maximum atomic E-state index is 11.9. The highest BCUT2D eigenvalue weighted by molar-refractivity contribution is 5.94. The molecular weight excluding hydrogens is 261 g/mol. The van der Waals surface area contributed by atoms with Gasteiger partial charge in [-0.15, -0.1) is 0 Å². The molecule has 1 rings (SSSR count). The molecule has 0 bridgehead atoms. The number of amides is 1. The van der Waals surface area contributed by atoms with Gasteiger partial charge in [0.1, 0.15) is 6.10 Å². The van der Waals surface area contributed by atoms with Gasteiger partial charge in [0.15, 0.2) is 0 Å². The molecule has 0 aliphatic rings. The number of nitrogen functional groups attached to an aromatic ring is 1. The molecular formula is C12H15F3N2O2. The van der Waals surface area contributed by atoms with Crippen molar-refractivity contribution in [1.82, 2.24) is 0 Å². The predicted octanol–water partition coefficient (Wildman–Crippen LogP) is 2.56. The number of rotatable bonds is 5. The zero-order valence-corrected chi connectivity index (χ0v) is 10.3. The molecule has 0 heterocycles. The van der Waals surface area contributed by atoms with Gasteiger partial charge in [-0.3, -0.25) is 4.79 Å². The van der Waals surface area contributed by atoms with E-state index in [1.54, 1.807) is 24.3 Å². The van der Waals surface area contributed by atoms with Gasteiger partial charge in [0.05, 0.1) is 13.0 Å². The summed E-state index contributed by atoms with van der Waals surface area (Å²) >= 11 is 0. The second kappa shape index (κ2) is 6.42. The molecule has 0 aliphatic heterocycles.